The van der Waals surface area contributed by atoms with Gasteiger partial charge in [-0.25, -0.2) is 0 Å². The molecule has 1 spiro atoms. The van der Waals surface area contributed by atoms with Crippen LogP contribution in [0, 0.1) is 0 Å². The second kappa shape index (κ2) is 3.75. The molecule has 1 aromatic rings. The standard InChI is InChI=1S/C14H18ClN/c15-11-4-5-12-10(9-11)3-6-13(16)14(12)7-1-2-8-14/h4-5,9,13H,1-3,6-8,16H2. The third-order valence-electron chi connectivity index (χ3n) is 4.53. The SMILES string of the molecule is NC1CCc2cc(Cl)ccc2C12CCCC2. The third kappa shape index (κ3) is 1.42. The second-order valence-electron chi connectivity index (χ2n) is 5.31. The van der Waals surface area contributed by atoms with Crippen LogP contribution in [-0.4, -0.2) is 6.04 Å². The lowest BCUT2D eigenvalue weighted by molar-refractivity contribution is 0.313. The molecule has 1 aromatic carbocycles. The Hall–Kier alpha value is -0.530. The van der Waals surface area contributed by atoms with Gasteiger partial charge in [0.1, 0.15) is 0 Å². The fourth-order valence-corrected chi connectivity index (χ4v) is 3.88. The molecule has 2 heteroatoms. The highest BCUT2D eigenvalue weighted by atomic mass is 35.5. The molecule has 16 heavy (non-hydrogen) atoms. The first-order chi connectivity index (χ1) is 7.72. The summed E-state index contributed by atoms with van der Waals surface area (Å²) in [6.45, 7) is 0. The highest BCUT2D eigenvalue weighted by molar-refractivity contribution is 6.30. The number of nitrogens with two attached hydrogens (primary N) is 1. The molecule has 2 N–H and O–H groups in total. The molecule has 1 nitrogen and oxygen atoms in total. The minimum Gasteiger partial charge on any atom is -0.327 e. The first-order valence-corrected chi connectivity index (χ1v) is 6.65. The number of rotatable bonds is 0. The van der Waals surface area contributed by atoms with Crippen molar-refractivity contribution in [1.82, 2.24) is 0 Å². The van der Waals surface area contributed by atoms with Crippen molar-refractivity contribution in [2.75, 3.05) is 0 Å². The van der Waals surface area contributed by atoms with Gasteiger partial charge in [0.25, 0.3) is 0 Å². The van der Waals surface area contributed by atoms with Gasteiger partial charge in [-0.2, -0.15) is 0 Å². The zero-order valence-corrected chi connectivity index (χ0v) is 10.3. The predicted octanol–water partition coefficient (Wildman–Crippen LogP) is 3.43. The van der Waals surface area contributed by atoms with Crippen molar-refractivity contribution in [2.45, 2.75) is 50.0 Å². The summed E-state index contributed by atoms with van der Waals surface area (Å²) >= 11 is 6.08. The van der Waals surface area contributed by atoms with Crippen LogP contribution in [0.4, 0.5) is 0 Å². The van der Waals surface area contributed by atoms with Gasteiger partial charge < -0.3 is 5.73 Å². The van der Waals surface area contributed by atoms with Gasteiger partial charge in [-0.05, 0) is 48.9 Å². The molecule has 1 atom stereocenters. The Morgan fingerprint density at radius 3 is 2.75 bits per heavy atom. The van der Waals surface area contributed by atoms with Crippen LogP contribution >= 0.6 is 11.6 Å². The highest BCUT2D eigenvalue weighted by Crippen LogP contribution is 2.48. The molecule has 0 saturated heterocycles. The summed E-state index contributed by atoms with van der Waals surface area (Å²) in [5, 5.41) is 0.863. The van der Waals surface area contributed by atoms with Crippen LogP contribution in [0.25, 0.3) is 0 Å². The summed E-state index contributed by atoms with van der Waals surface area (Å²) in [6, 6.07) is 6.74. The summed E-state index contributed by atoms with van der Waals surface area (Å²) in [7, 11) is 0. The Balaban J connectivity index is 2.13. The van der Waals surface area contributed by atoms with Gasteiger partial charge >= 0.3 is 0 Å². The Morgan fingerprint density at radius 2 is 2.00 bits per heavy atom. The van der Waals surface area contributed by atoms with E-state index in [0.717, 1.165) is 17.9 Å². The van der Waals surface area contributed by atoms with Crippen LogP contribution in [0.2, 0.25) is 5.02 Å². The summed E-state index contributed by atoms with van der Waals surface area (Å²) in [5.41, 5.74) is 9.61. The first kappa shape index (κ1) is 10.6. The van der Waals surface area contributed by atoms with E-state index in [2.05, 4.69) is 12.1 Å². The van der Waals surface area contributed by atoms with E-state index in [0.29, 0.717) is 6.04 Å². The van der Waals surface area contributed by atoms with Gasteiger partial charge in [-0.1, -0.05) is 30.5 Å². The van der Waals surface area contributed by atoms with Crippen LogP contribution in [0.5, 0.6) is 0 Å². The lowest BCUT2D eigenvalue weighted by atomic mass is 9.66. The topological polar surface area (TPSA) is 26.0 Å². The maximum absolute atomic E-state index is 6.39. The molecule has 3 rings (SSSR count). The summed E-state index contributed by atoms with van der Waals surface area (Å²) in [5.74, 6) is 0. The van der Waals surface area contributed by atoms with Crippen LogP contribution in [0.3, 0.4) is 0 Å². The van der Waals surface area contributed by atoms with Gasteiger partial charge in [0.05, 0.1) is 0 Å². The molecule has 0 aliphatic heterocycles. The minimum atomic E-state index is 0.276. The number of halogens is 1. The molecule has 2 aliphatic rings. The zero-order valence-electron chi connectivity index (χ0n) is 9.51. The van der Waals surface area contributed by atoms with Gasteiger partial charge in [0, 0.05) is 16.5 Å². The maximum Gasteiger partial charge on any atom is 0.0408 e. The summed E-state index contributed by atoms with van der Waals surface area (Å²) < 4.78 is 0. The van der Waals surface area contributed by atoms with Crippen molar-refractivity contribution in [3.05, 3.63) is 34.3 Å². The van der Waals surface area contributed by atoms with Crippen molar-refractivity contribution in [1.29, 1.82) is 0 Å². The predicted molar refractivity (Wildman–Crippen MR) is 67.9 cm³/mol. The van der Waals surface area contributed by atoms with Crippen molar-refractivity contribution < 1.29 is 0 Å². The molecule has 86 valence electrons. The van der Waals surface area contributed by atoms with E-state index < -0.39 is 0 Å². The number of benzene rings is 1. The monoisotopic (exact) mass is 235 g/mol. The Bertz CT molecular complexity index is 407. The minimum absolute atomic E-state index is 0.276. The average molecular weight is 236 g/mol. The number of hydrogen-bond acceptors (Lipinski definition) is 1. The van der Waals surface area contributed by atoms with E-state index in [4.69, 9.17) is 17.3 Å². The van der Waals surface area contributed by atoms with Crippen molar-refractivity contribution >= 4 is 11.6 Å². The van der Waals surface area contributed by atoms with Crippen LogP contribution < -0.4 is 5.73 Å². The highest BCUT2D eigenvalue weighted by Gasteiger charge is 2.44. The van der Waals surface area contributed by atoms with E-state index in [1.165, 1.54) is 36.8 Å². The number of aryl methyl sites for hydroxylation is 1. The smallest absolute Gasteiger partial charge is 0.0408 e. The summed E-state index contributed by atoms with van der Waals surface area (Å²) in [6.07, 6.45) is 7.41. The van der Waals surface area contributed by atoms with E-state index in [9.17, 15) is 0 Å². The average Bonchev–Trinajstić information content (AvgIpc) is 2.74. The lowest BCUT2D eigenvalue weighted by Crippen LogP contribution is -2.47. The molecular formula is C14H18ClN. The molecule has 1 saturated carbocycles. The molecule has 0 bridgehead atoms. The number of fused-ring (bicyclic) bond motifs is 2. The molecule has 0 amide bonds. The molecule has 0 aromatic heterocycles. The van der Waals surface area contributed by atoms with Crippen LogP contribution in [-0.2, 0) is 11.8 Å². The van der Waals surface area contributed by atoms with Gasteiger partial charge in [0.15, 0.2) is 0 Å². The molecule has 1 fully saturated rings. The summed E-state index contributed by atoms with van der Waals surface area (Å²) in [4.78, 5) is 0. The normalized spacial score (nSPS) is 27.0. The van der Waals surface area contributed by atoms with E-state index >= 15 is 0 Å². The zero-order chi connectivity index (χ0) is 11.2. The maximum atomic E-state index is 6.39. The van der Waals surface area contributed by atoms with Gasteiger partial charge in [-0.15, -0.1) is 0 Å². The molecule has 0 radical (unpaired) electrons. The third-order valence-corrected chi connectivity index (χ3v) is 4.77. The fraction of sp³-hybridized carbons (Fsp3) is 0.571. The van der Waals surface area contributed by atoms with Crippen LogP contribution in [0.15, 0.2) is 18.2 Å². The lowest BCUT2D eigenvalue weighted by Gasteiger charge is -2.41. The molecule has 2 aliphatic carbocycles. The Morgan fingerprint density at radius 1 is 1.25 bits per heavy atom. The van der Waals surface area contributed by atoms with Crippen molar-refractivity contribution in [2.24, 2.45) is 5.73 Å². The molecule has 1 unspecified atom stereocenters. The van der Waals surface area contributed by atoms with E-state index in [1.54, 1.807) is 0 Å². The van der Waals surface area contributed by atoms with Crippen LogP contribution in [0.1, 0.15) is 43.2 Å². The molecule has 0 heterocycles. The van der Waals surface area contributed by atoms with Gasteiger partial charge in [0.2, 0.25) is 0 Å². The first-order valence-electron chi connectivity index (χ1n) is 6.27. The largest absolute Gasteiger partial charge is 0.327 e. The Labute approximate surface area is 102 Å². The van der Waals surface area contributed by atoms with Gasteiger partial charge in [-0.3, -0.25) is 0 Å². The van der Waals surface area contributed by atoms with Crippen molar-refractivity contribution in [3.63, 3.8) is 0 Å². The Kier molecular flexibility index (Phi) is 2.49. The second-order valence-corrected chi connectivity index (χ2v) is 5.75. The quantitative estimate of drug-likeness (QED) is 0.733. The van der Waals surface area contributed by atoms with E-state index in [-0.39, 0.29) is 5.41 Å². The van der Waals surface area contributed by atoms with Crippen molar-refractivity contribution in [3.8, 4) is 0 Å². The molecular weight excluding hydrogens is 218 g/mol. The fourth-order valence-electron chi connectivity index (χ4n) is 3.69. The number of hydrogen-bond donors (Lipinski definition) is 1. The van der Waals surface area contributed by atoms with E-state index in [1.807, 2.05) is 6.07 Å².